The maximum atomic E-state index is 9.22. The second-order valence-electron chi connectivity index (χ2n) is 3.61. The summed E-state index contributed by atoms with van der Waals surface area (Å²) in [4.78, 5) is 1.19. The predicted molar refractivity (Wildman–Crippen MR) is 59.9 cm³/mol. The van der Waals surface area contributed by atoms with E-state index in [9.17, 15) is 5.11 Å². The average molecular weight is 228 g/mol. The van der Waals surface area contributed by atoms with Crippen molar-refractivity contribution in [1.82, 2.24) is 0 Å². The molecule has 2 unspecified atom stereocenters. The highest BCUT2D eigenvalue weighted by Crippen LogP contribution is 2.42. The molecule has 0 aliphatic carbocycles. The lowest BCUT2D eigenvalue weighted by Gasteiger charge is -2.31. The molecular formula is C11H16O3S. The van der Waals surface area contributed by atoms with E-state index >= 15 is 0 Å². The Balaban J connectivity index is 2.26. The van der Waals surface area contributed by atoms with Crippen molar-refractivity contribution in [3.8, 4) is 11.5 Å². The van der Waals surface area contributed by atoms with Gasteiger partial charge in [0.2, 0.25) is 0 Å². The number of ether oxygens (including phenoxy) is 2. The summed E-state index contributed by atoms with van der Waals surface area (Å²) in [5, 5.41) is 11.2. The number of aliphatic hydroxyl groups is 1. The molecule has 1 aliphatic heterocycles. The van der Waals surface area contributed by atoms with Crippen LogP contribution in [0, 0.1) is 0 Å². The van der Waals surface area contributed by atoms with Gasteiger partial charge < -0.3 is 14.6 Å². The lowest BCUT2D eigenvalue weighted by molar-refractivity contribution is -0.0119. The summed E-state index contributed by atoms with van der Waals surface area (Å²) in [6.45, 7) is 4.14. The maximum Gasteiger partial charge on any atom is 0.175 e. The fourth-order valence-corrected chi connectivity index (χ4v) is 2.62. The van der Waals surface area contributed by atoms with E-state index in [2.05, 4.69) is 6.92 Å². The molecule has 1 aliphatic rings. The zero-order valence-electron chi connectivity index (χ0n) is 9.03. The van der Waals surface area contributed by atoms with Crippen molar-refractivity contribution in [2.24, 2.45) is 0 Å². The van der Waals surface area contributed by atoms with Crippen molar-refractivity contribution in [3.05, 3.63) is 10.3 Å². The first kappa shape index (κ1) is 10.8. The fraction of sp³-hybridized carbons (Fsp3) is 0.636. The summed E-state index contributed by atoms with van der Waals surface area (Å²) in [6, 6.07) is 0. The van der Waals surface area contributed by atoms with Crippen LogP contribution in [0.4, 0.5) is 0 Å². The second-order valence-corrected chi connectivity index (χ2v) is 4.57. The first-order chi connectivity index (χ1) is 7.30. The molecule has 1 N–H and O–H groups in total. The van der Waals surface area contributed by atoms with E-state index in [1.54, 1.807) is 11.3 Å². The summed E-state index contributed by atoms with van der Waals surface area (Å²) in [7, 11) is 0. The van der Waals surface area contributed by atoms with Gasteiger partial charge in [-0.1, -0.05) is 13.8 Å². The van der Waals surface area contributed by atoms with Gasteiger partial charge in [-0.25, -0.2) is 0 Å². The Morgan fingerprint density at radius 2 is 2.13 bits per heavy atom. The van der Waals surface area contributed by atoms with Crippen LogP contribution in [0.5, 0.6) is 11.5 Å². The van der Waals surface area contributed by atoms with Crippen LogP contribution in [0.3, 0.4) is 0 Å². The maximum absolute atomic E-state index is 9.22. The molecule has 1 aromatic heterocycles. The van der Waals surface area contributed by atoms with Crippen LogP contribution >= 0.6 is 11.3 Å². The highest BCUT2D eigenvalue weighted by Gasteiger charge is 2.31. The van der Waals surface area contributed by atoms with Gasteiger partial charge in [0.15, 0.2) is 17.6 Å². The summed E-state index contributed by atoms with van der Waals surface area (Å²) < 4.78 is 11.6. The molecule has 0 radical (unpaired) electrons. The first-order valence-electron chi connectivity index (χ1n) is 5.34. The fourth-order valence-electron chi connectivity index (χ4n) is 1.79. The Labute approximate surface area is 93.6 Å². The molecule has 15 heavy (non-hydrogen) atoms. The highest BCUT2D eigenvalue weighted by atomic mass is 32.1. The summed E-state index contributed by atoms with van der Waals surface area (Å²) in [5.41, 5.74) is 0. The Hall–Kier alpha value is -0.740. The minimum Gasteiger partial charge on any atom is -0.482 e. The van der Waals surface area contributed by atoms with Crippen LogP contribution in [0.25, 0.3) is 0 Å². The number of rotatable bonds is 3. The Bertz CT molecular complexity index is 335. The molecule has 0 bridgehead atoms. The van der Waals surface area contributed by atoms with Gasteiger partial charge in [-0.3, -0.25) is 0 Å². The number of thiophene rings is 1. The van der Waals surface area contributed by atoms with Crippen LogP contribution in [-0.2, 0) is 6.42 Å². The lowest BCUT2D eigenvalue weighted by Crippen LogP contribution is -2.41. The van der Waals surface area contributed by atoms with Crippen molar-refractivity contribution < 1.29 is 14.6 Å². The van der Waals surface area contributed by atoms with Crippen molar-refractivity contribution >= 4 is 11.3 Å². The third kappa shape index (κ3) is 1.84. The van der Waals surface area contributed by atoms with Gasteiger partial charge in [-0.15, -0.1) is 11.3 Å². The van der Waals surface area contributed by atoms with Crippen molar-refractivity contribution in [3.63, 3.8) is 0 Å². The molecule has 84 valence electrons. The van der Waals surface area contributed by atoms with Gasteiger partial charge in [-0.2, -0.15) is 0 Å². The van der Waals surface area contributed by atoms with Gasteiger partial charge in [0.25, 0.3) is 0 Å². The molecule has 0 spiro atoms. The molecule has 0 fully saturated rings. The van der Waals surface area contributed by atoms with Gasteiger partial charge in [0, 0.05) is 5.38 Å². The van der Waals surface area contributed by atoms with Crippen LogP contribution in [-0.4, -0.2) is 23.9 Å². The van der Waals surface area contributed by atoms with Crippen LogP contribution < -0.4 is 9.47 Å². The first-order valence-corrected chi connectivity index (χ1v) is 6.22. The second kappa shape index (κ2) is 4.41. The molecule has 2 heterocycles. The van der Waals surface area contributed by atoms with E-state index in [1.165, 1.54) is 4.88 Å². The predicted octanol–water partition coefficient (Wildman–Crippen LogP) is 2.22. The smallest absolute Gasteiger partial charge is 0.175 e. The molecule has 3 nitrogen and oxygen atoms in total. The number of fused-ring (bicyclic) bond motifs is 1. The Morgan fingerprint density at radius 3 is 2.73 bits per heavy atom. The zero-order chi connectivity index (χ0) is 10.8. The van der Waals surface area contributed by atoms with Crippen LogP contribution in [0.1, 0.15) is 25.1 Å². The van der Waals surface area contributed by atoms with Gasteiger partial charge in [0.1, 0.15) is 6.10 Å². The SMILES string of the molecule is CCc1scc2c1OC(CO)C(CC)O2. The van der Waals surface area contributed by atoms with Crippen molar-refractivity contribution in [2.45, 2.75) is 38.9 Å². The third-order valence-corrected chi connectivity index (χ3v) is 3.74. The molecule has 0 saturated heterocycles. The van der Waals surface area contributed by atoms with E-state index in [1.807, 2.05) is 12.3 Å². The topological polar surface area (TPSA) is 38.7 Å². The summed E-state index contributed by atoms with van der Waals surface area (Å²) in [5.74, 6) is 1.68. The van der Waals surface area contributed by atoms with Crippen LogP contribution in [0.15, 0.2) is 5.38 Å². The lowest BCUT2D eigenvalue weighted by atomic mass is 10.1. The summed E-state index contributed by atoms with van der Waals surface area (Å²) in [6.07, 6.45) is 1.55. The van der Waals surface area contributed by atoms with E-state index < -0.39 is 0 Å². The quantitative estimate of drug-likeness (QED) is 0.862. The monoisotopic (exact) mass is 228 g/mol. The highest BCUT2D eigenvalue weighted by molar-refractivity contribution is 7.10. The molecule has 0 amide bonds. The number of hydrogen-bond donors (Lipinski definition) is 1. The molecule has 4 heteroatoms. The minimum absolute atomic E-state index is 0.0109. The van der Waals surface area contributed by atoms with E-state index in [0.29, 0.717) is 0 Å². The average Bonchev–Trinajstić information content (AvgIpc) is 2.68. The molecule has 1 aromatic rings. The Kier molecular flexibility index (Phi) is 3.17. The van der Waals surface area contributed by atoms with Gasteiger partial charge in [-0.05, 0) is 12.8 Å². The number of aryl methyl sites for hydroxylation is 1. The van der Waals surface area contributed by atoms with Crippen molar-refractivity contribution in [2.75, 3.05) is 6.61 Å². The van der Waals surface area contributed by atoms with E-state index in [4.69, 9.17) is 9.47 Å². The molecule has 0 aromatic carbocycles. The molecule has 2 atom stereocenters. The third-order valence-electron chi connectivity index (χ3n) is 2.65. The molecule has 2 rings (SSSR count). The zero-order valence-corrected chi connectivity index (χ0v) is 9.84. The Morgan fingerprint density at radius 1 is 1.33 bits per heavy atom. The largest absolute Gasteiger partial charge is 0.482 e. The standard InChI is InChI=1S/C11H16O3S/c1-3-7-8(5-12)14-11-9(13-7)6-15-10(11)4-2/h6-8,12H,3-5H2,1-2H3. The van der Waals surface area contributed by atoms with Gasteiger partial charge >= 0.3 is 0 Å². The number of aliphatic hydroxyl groups excluding tert-OH is 1. The van der Waals surface area contributed by atoms with Gasteiger partial charge in [0.05, 0.1) is 11.5 Å². The molecule has 0 saturated carbocycles. The normalized spacial score (nSPS) is 24.2. The van der Waals surface area contributed by atoms with E-state index in [0.717, 1.165) is 24.3 Å². The minimum atomic E-state index is -0.220. The number of hydrogen-bond acceptors (Lipinski definition) is 4. The van der Waals surface area contributed by atoms with E-state index in [-0.39, 0.29) is 18.8 Å². The molecular weight excluding hydrogens is 212 g/mol. The summed E-state index contributed by atoms with van der Waals surface area (Å²) >= 11 is 1.66. The van der Waals surface area contributed by atoms with Crippen molar-refractivity contribution in [1.29, 1.82) is 0 Å². The van der Waals surface area contributed by atoms with Crippen LogP contribution in [0.2, 0.25) is 0 Å².